The minimum Gasteiger partial charge on any atom is -0.508 e. The van der Waals surface area contributed by atoms with Gasteiger partial charge in [-0.2, -0.15) is 5.10 Å². The van der Waals surface area contributed by atoms with Gasteiger partial charge < -0.3 is 19.9 Å². The lowest BCUT2D eigenvalue weighted by molar-refractivity contribution is -0.120. The van der Waals surface area contributed by atoms with Gasteiger partial charge in [0.05, 0.1) is 20.4 Å². The monoisotopic (exact) mass is 371 g/mol. The number of phenolic OH excluding ortho intramolecular Hbond substituents is 1. The molecule has 1 amide bonds. The van der Waals surface area contributed by atoms with Crippen LogP contribution in [0.15, 0.2) is 47.6 Å². The lowest BCUT2D eigenvalue weighted by Crippen LogP contribution is -2.25. The largest absolute Gasteiger partial charge is 0.508 e. The van der Waals surface area contributed by atoms with E-state index in [0.717, 1.165) is 24.1 Å². The van der Waals surface area contributed by atoms with Crippen molar-refractivity contribution in [2.75, 3.05) is 27.3 Å². The Hall–Kier alpha value is -3.06. The predicted octanol–water partition coefficient (Wildman–Crippen LogP) is 2.08. The number of amides is 1. The second-order valence-electron chi connectivity index (χ2n) is 5.82. The summed E-state index contributed by atoms with van der Waals surface area (Å²) in [6, 6.07) is 12.4. The Labute approximate surface area is 159 Å². The van der Waals surface area contributed by atoms with Crippen molar-refractivity contribution >= 4 is 12.1 Å². The summed E-state index contributed by atoms with van der Waals surface area (Å²) in [4.78, 5) is 11.7. The van der Waals surface area contributed by atoms with Gasteiger partial charge in [0.2, 0.25) is 5.91 Å². The number of nitrogens with zero attached hydrogens (tertiary/aromatic N) is 1. The van der Waals surface area contributed by atoms with Gasteiger partial charge in [-0.1, -0.05) is 6.07 Å². The Morgan fingerprint density at radius 2 is 1.81 bits per heavy atom. The number of rotatable bonds is 10. The molecule has 0 heterocycles. The minimum atomic E-state index is -0.163. The number of hydrogen-bond acceptors (Lipinski definition) is 6. The molecule has 7 heteroatoms. The normalized spacial score (nSPS) is 10.7. The third-order valence-corrected chi connectivity index (χ3v) is 3.86. The van der Waals surface area contributed by atoms with E-state index in [-0.39, 0.29) is 11.7 Å². The van der Waals surface area contributed by atoms with Crippen molar-refractivity contribution in [1.82, 2.24) is 10.7 Å². The fourth-order valence-electron chi connectivity index (χ4n) is 2.39. The average Bonchev–Trinajstić information content (AvgIpc) is 2.69. The minimum absolute atomic E-state index is 0.163. The van der Waals surface area contributed by atoms with E-state index in [2.05, 4.69) is 15.8 Å². The summed E-state index contributed by atoms with van der Waals surface area (Å²) in [7, 11) is 3.22. The number of hydrazone groups is 1. The van der Waals surface area contributed by atoms with Gasteiger partial charge in [-0.15, -0.1) is 0 Å². The van der Waals surface area contributed by atoms with E-state index < -0.39 is 0 Å². The number of hydrogen-bond donors (Lipinski definition) is 3. The first kappa shape index (κ1) is 20.3. The summed E-state index contributed by atoms with van der Waals surface area (Å²) in [5, 5.41) is 16.3. The highest BCUT2D eigenvalue weighted by molar-refractivity contribution is 5.82. The summed E-state index contributed by atoms with van der Waals surface area (Å²) in [5.41, 5.74) is 4.40. The Balaban J connectivity index is 1.63. The quantitative estimate of drug-likeness (QED) is 0.338. The third-order valence-electron chi connectivity index (χ3n) is 3.86. The molecule has 0 fully saturated rings. The first-order valence-electron chi connectivity index (χ1n) is 8.65. The number of ether oxygens (including phenoxy) is 2. The summed E-state index contributed by atoms with van der Waals surface area (Å²) < 4.78 is 10.5. The van der Waals surface area contributed by atoms with Crippen molar-refractivity contribution in [1.29, 1.82) is 0 Å². The number of aromatic hydroxyl groups is 1. The molecule has 0 aromatic heterocycles. The molecular weight excluding hydrogens is 346 g/mol. The van der Waals surface area contributed by atoms with Crippen LogP contribution in [-0.4, -0.2) is 44.5 Å². The van der Waals surface area contributed by atoms with Crippen molar-refractivity contribution in [2.45, 2.75) is 12.8 Å². The average molecular weight is 371 g/mol. The lowest BCUT2D eigenvalue weighted by Gasteiger charge is -2.10. The highest BCUT2D eigenvalue weighted by Crippen LogP contribution is 2.27. The summed E-state index contributed by atoms with van der Waals surface area (Å²) in [6.07, 6.45) is 2.68. The van der Waals surface area contributed by atoms with Crippen molar-refractivity contribution in [3.63, 3.8) is 0 Å². The van der Waals surface area contributed by atoms with Gasteiger partial charge in [0.1, 0.15) is 5.75 Å². The van der Waals surface area contributed by atoms with Gasteiger partial charge in [0, 0.05) is 13.0 Å². The van der Waals surface area contributed by atoms with Crippen molar-refractivity contribution in [3.05, 3.63) is 53.6 Å². The number of benzene rings is 2. The molecule has 0 aliphatic heterocycles. The molecule has 144 valence electrons. The number of methoxy groups -OCH3 is 2. The third kappa shape index (κ3) is 6.99. The zero-order valence-electron chi connectivity index (χ0n) is 15.6. The van der Waals surface area contributed by atoms with Gasteiger partial charge in [-0.25, -0.2) is 5.43 Å². The number of nitrogens with one attached hydrogen (secondary N) is 2. The smallest absolute Gasteiger partial charge is 0.241 e. The SMILES string of the molecule is COc1ccc(CCNCCC(=O)NN=Cc2ccc(O)cc2)cc1OC. The molecule has 0 radical (unpaired) electrons. The van der Waals surface area contributed by atoms with Crippen LogP contribution >= 0.6 is 0 Å². The highest BCUT2D eigenvalue weighted by Gasteiger charge is 2.04. The maximum Gasteiger partial charge on any atom is 0.241 e. The van der Waals surface area contributed by atoms with Crippen LogP contribution < -0.4 is 20.2 Å². The van der Waals surface area contributed by atoms with E-state index in [4.69, 9.17) is 9.47 Å². The topological polar surface area (TPSA) is 92.2 Å². The molecule has 2 aromatic carbocycles. The highest BCUT2D eigenvalue weighted by atomic mass is 16.5. The van der Waals surface area contributed by atoms with E-state index >= 15 is 0 Å². The van der Waals surface area contributed by atoms with Crippen LogP contribution in [0, 0.1) is 0 Å². The van der Waals surface area contributed by atoms with Gasteiger partial charge in [-0.3, -0.25) is 4.79 Å². The van der Waals surface area contributed by atoms with E-state index in [1.165, 1.54) is 6.21 Å². The van der Waals surface area contributed by atoms with Crippen LogP contribution in [0.5, 0.6) is 17.2 Å². The van der Waals surface area contributed by atoms with Gasteiger partial charge in [0.25, 0.3) is 0 Å². The molecule has 2 rings (SSSR count). The Morgan fingerprint density at radius 1 is 1.07 bits per heavy atom. The van der Waals surface area contributed by atoms with E-state index in [1.807, 2.05) is 18.2 Å². The maximum atomic E-state index is 11.7. The van der Waals surface area contributed by atoms with Crippen molar-refractivity contribution < 1.29 is 19.4 Å². The van der Waals surface area contributed by atoms with Crippen LogP contribution in [0.3, 0.4) is 0 Å². The van der Waals surface area contributed by atoms with Crippen LogP contribution in [0.4, 0.5) is 0 Å². The molecule has 0 atom stereocenters. The molecule has 0 saturated carbocycles. The van der Waals surface area contributed by atoms with Crippen LogP contribution in [-0.2, 0) is 11.2 Å². The first-order chi connectivity index (χ1) is 13.1. The van der Waals surface area contributed by atoms with Crippen molar-refractivity contribution in [2.24, 2.45) is 5.10 Å². The van der Waals surface area contributed by atoms with Gasteiger partial charge >= 0.3 is 0 Å². The molecular formula is C20H25N3O4. The first-order valence-corrected chi connectivity index (χ1v) is 8.65. The molecule has 3 N–H and O–H groups in total. The second-order valence-corrected chi connectivity index (χ2v) is 5.82. The summed E-state index contributed by atoms with van der Waals surface area (Å²) in [6.45, 7) is 1.31. The van der Waals surface area contributed by atoms with Crippen LogP contribution in [0.25, 0.3) is 0 Å². The lowest BCUT2D eigenvalue weighted by atomic mass is 10.1. The Bertz CT molecular complexity index is 760. The summed E-state index contributed by atoms with van der Waals surface area (Å²) in [5.74, 6) is 1.44. The van der Waals surface area contributed by atoms with Crippen LogP contribution in [0.2, 0.25) is 0 Å². The number of carbonyl (C=O) groups is 1. The number of phenols is 1. The molecule has 27 heavy (non-hydrogen) atoms. The molecule has 0 aliphatic rings. The molecule has 0 bridgehead atoms. The molecule has 2 aromatic rings. The molecule has 0 unspecified atom stereocenters. The zero-order valence-corrected chi connectivity index (χ0v) is 15.6. The molecule has 7 nitrogen and oxygen atoms in total. The fourth-order valence-corrected chi connectivity index (χ4v) is 2.39. The molecule has 0 spiro atoms. The van der Waals surface area contributed by atoms with Gasteiger partial charge in [-0.05, 0) is 60.5 Å². The fraction of sp³-hybridized carbons (Fsp3) is 0.300. The van der Waals surface area contributed by atoms with E-state index in [0.29, 0.717) is 24.5 Å². The Kier molecular flexibility index (Phi) is 8.12. The van der Waals surface area contributed by atoms with E-state index in [1.54, 1.807) is 38.5 Å². The maximum absolute atomic E-state index is 11.7. The number of carbonyl (C=O) groups excluding carboxylic acids is 1. The van der Waals surface area contributed by atoms with Gasteiger partial charge in [0.15, 0.2) is 11.5 Å². The van der Waals surface area contributed by atoms with Crippen molar-refractivity contribution in [3.8, 4) is 17.2 Å². The zero-order chi connectivity index (χ0) is 19.5. The second kappa shape index (κ2) is 10.8. The standard InChI is InChI=1S/C20H25N3O4/c1-26-18-8-5-15(13-19(18)27-2)9-11-21-12-10-20(25)23-22-14-16-3-6-17(24)7-4-16/h3-8,13-14,21,24H,9-12H2,1-2H3,(H,23,25). The summed E-state index contributed by atoms with van der Waals surface area (Å²) >= 11 is 0. The van der Waals surface area contributed by atoms with E-state index in [9.17, 15) is 9.90 Å². The Morgan fingerprint density at radius 3 is 2.52 bits per heavy atom. The molecule has 0 saturated heterocycles. The van der Waals surface area contributed by atoms with Crippen LogP contribution in [0.1, 0.15) is 17.5 Å². The molecule has 0 aliphatic carbocycles. The predicted molar refractivity (Wildman–Crippen MR) is 105 cm³/mol.